The number of carboxylic acid groups (broad SMARTS) is 1. The number of aliphatic carboxylic acids is 1. The molecule has 28 heavy (non-hydrogen) atoms. The van der Waals surface area contributed by atoms with E-state index in [0.717, 1.165) is 19.3 Å². The lowest BCUT2D eigenvalue weighted by atomic mass is 9.70. The summed E-state index contributed by atoms with van der Waals surface area (Å²) in [6.07, 6.45) is 2.48. The van der Waals surface area contributed by atoms with Crippen LogP contribution in [-0.2, 0) is 19.1 Å². The van der Waals surface area contributed by atoms with Crippen molar-refractivity contribution in [1.29, 1.82) is 0 Å². The molecule has 2 fully saturated rings. The van der Waals surface area contributed by atoms with E-state index in [4.69, 9.17) is 15.6 Å². The minimum absolute atomic E-state index is 0.0481. The minimum atomic E-state index is -1.23. The number of carboxylic acids is 1. The van der Waals surface area contributed by atoms with Crippen molar-refractivity contribution in [3.05, 3.63) is 22.4 Å². The molecule has 2 saturated carbocycles. The fourth-order valence-electron chi connectivity index (χ4n) is 4.97. The van der Waals surface area contributed by atoms with Crippen LogP contribution in [0.15, 0.2) is 17.5 Å². The van der Waals surface area contributed by atoms with Crippen LogP contribution in [0.4, 0.5) is 0 Å². The molecule has 1 aromatic rings. The molecule has 1 heterocycles. The molecule has 4 N–H and O–H groups in total. The van der Waals surface area contributed by atoms with Crippen LogP contribution < -0.4 is 11.1 Å². The highest BCUT2D eigenvalue weighted by atomic mass is 32.1. The summed E-state index contributed by atoms with van der Waals surface area (Å²) in [4.78, 5) is 36.9. The molecule has 8 heteroatoms. The lowest BCUT2D eigenvalue weighted by Crippen LogP contribution is -2.48. The standard InChI is InChI=1S/C20H28N2O5S/c1-19(2)11-6-7-20(3,10-11)18(19)27-17(26)15(13-5-4-8-28-13)22-16(25)12(21)9-14(23)24/h4-5,8,11-12,15,18H,6-7,9-10,21H2,1-3H3,(H,22,25)(H,23,24)/t11-,12-,15-,18+,20+/m0/s1. The van der Waals surface area contributed by atoms with Crippen molar-refractivity contribution >= 4 is 29.2 Å². The van der Waals surface area contributed by atoms with E-state index in [-0.39, 0.29) is 16.9 Å². The lowest BCUT2D eigenvalue weighted by molar-refractivity contribution is -0.168. The highest BCUT2D eigenvalue weighted by Crippen LogP contribution is 2.63. The van der Waals surface area contributed by atoms with E-state index in [0.29, 0.717) is 10.8 Å². The summed E-state index contributed by atoms with van der Waals surface area (Å²) in [6.45, 7) is 6.45. The summed E-state index contributed by atoms with van der Waals surface area (Å²) < 4.78 is 6.01. The SMILES string of the molecule is CC1(C)[C@H]2CC[C@](C)(C2)[C@@H]1OC(=O)[C@@H](NC(=O)[C@@H](N)CC(=O)O)c1cccs1. The molecule has 0 radical (unpaired) electrons. The number of fused-ring (bicyclic) bond motifs is 2. The van der Waals surface area contributed by atoms with Crippen LogP contribution in [0.3, 0.4) is 0 Å². The fourth-order valence-corrected chi connectivity index (χ4v) is 5.73. The first-order valence-corrected chi connectivity index (χ1v) is 10.4. The third-order valence-corrected chi connectivity index (χ3v) is 7.39. The van der Waals surface area contributed by atoms with Crippen molar-refractivity contribution in [1.82, 2.24) is 5.32 Å². The van der Waals surface area contributed by atoms with Gasteiger partial charge in [0.15, 0.2) is 6.04 Å². The Morgan fingerprint density at radius 3 is 2.64 bits per heavy atom. The van der Waals surface area contributed by atoms with Gasteiger partial charge in [0, 0.05) is 15.7 Å². The quantitative estimate of drug-likeness (QED) is 0.597. The molecule has 0 unspecified atom stereocenters. The zero-order chi connectivity index (χ0) is 20.7. The van der Waals surface area contributed by atoms with Gasteiger partial charge in [-0.05, 0) is 36.6 Å². The number of hydrogen-bond donors (Lipinski definition) is 3. The smallest absolute Gasteiger partial charge is 0.334 e. The molecule has 1 aromatic heterocycles. The summed E-state index contributed by atoms with van der Waals surface area (Å²) in [7, 11) is 0. The summed E-state index contributed by atoms with van der Waals surface area (Å²) in [5.41, 5.74) is 5.49. The predicted molar refractivity (Wildman–Crippen MR) is 105 cm³/mol. The molecule has 154 valence electrons. The largest absolute Gasteiger partial charge is 0.481 e. The highest BCUT2D eigenvalue weighted by Gasteiger charge is 2.61. The Labute approximate surface area is 168 Å². The number of carbonyl (C=O) groups is 3. The van der Waals surface area contributed by atoms with Crippen LogP contribution in [0, 0.1) is 16.7 Å². The van der Waals surface area contributed by atoms with Gasteiger partial charge in [0.05, 0.1) is 12.5 Å². The number of thiophene rings is 1. The Morgan fingerprint density at radius 1 is 1.39 bits per heavy atom. The molecule has 7 nitrogen and oxygen atoms in total. The van der Waals surface area contributed by atoms with Crippen LogP contribution in [0.2, 0.25) is 0 Å². The van der Waals surface area contributed by atoms with Crippen molar-refractivity contribution < 1.29 is 24.2 Å². The number of esters is 1. The van der Waals surface area contributed by atoms with Gasteiger partial charge in [-0.1, -0.05) is 26.8 Å². The van der Waals surface area contributed by atoms with Crippen molar-refractivity contribution in [2.45, 2.75) is 64.6 Å². The van der Waals surface area contributed by atoms with E-state index in [9.17, 15) is 14.4 Å². The van der Waals surface area contributed by atoms with Crippen molar-refractivity contribution in [3.8, 4) is 0 Å². The Hall–Kier alpha value is -1.93. The third kappa shape index (κ3) is 3.80. The van der Waals surface area contributed by atoms with Gasteiger partial charge in [0.25, 0.3) is 0 Å². The fraction of sp³-hybridized carbons (Fsp3) is 0.650. The molecule has 0 spiro atoms. The van der Waals surface area contributed by atoms with Gasteiger partial charge in [0.1, 0.15) is 6.10 Å². The maximum Gasteiger partial charge on any atom is 0.334 e. The topological polar surface area (TPSA) is 119 Å². The summed E-state index contributed by atoms with van der Waals surface area (Å²) in [6, 6.07) is 1.30. The number of ether oxygens (including phenoxy) is 1. The lowest BCUT2D eigenvalue weighted by Gasteiger charge is -2.42. The molecule has 0 saturated heterocycles. The minimum Gasteiger partial charge on any atom is -0.481 e. The Bertz CT molecular complexity index is 758. The second-order valence-corrected chi connectivity index (χ2v) is 9.87. The van der Waals surface area contributed by atoms with Gasteiger partial charge in [-0.2, -0.15) is 0 Å². The van der Waals surface area contributed by atoms with Crippen LogP contribution in [0.5, 0.6) is 0 Å². The Kier molecular flexibility index (Phi) is 5.55. The van der Waals surface area contributed by atoms with E-state index < -0.39 is 36.4 Å². The molecule has 1 amide bonds. The second kappa shape index (κ2) is 7.48. The Morgan fingerprint density at radius 2 is 2.11 bits per heavy atom. The van der Waals surface area contributed by atoms with Crippen LogP contribution >= 0.6 is 11.3 Å². The maximum absolute atomic E-state index is 13.1. The average molecular weight is 409 g/mol. The number of nitrogens with one attached hydrogen (secondary N) is 1. The molecule has 2 aliphatic carbocycles. The highest BCUT2D eigenvalue weighted by molar-refractivity contribution is 7.10. The summed E-state index contributed by atoms with van der Waals surface area (Å²) in [5.74, 6) is -1.86. The van der Waals surface area contributed by atoms with Gasteiger partial charge in [-0.3, -0.25) is 9.59 Å². The number of nitrogens with two attached hydrogens (primary N) is 1. The number of amides is 1. The third-order valence-electron chi connectivity index (χ3n) is 6.45. The average Bonchev–Trinajstić information content (AvgIpc) is 3.29. The molecule has 5 atom stereocenters. The number of carbonyl (C=O) groups excluding carboxylic acids is 2. The molecule has 0 aromatic carbocycles. The maximum atomic E-state index is 13.1. The number of hydrogen-bond acceptors (Lipinski definition) is 6. The predicted octanol–water partition coefficient (Wildman–Crippen LogP) is 2.47. The van der Waals surface area contributed by atoms with Crippen LogP contribution in [0.25, 0.3) is 0 Å². The second-order valence-electron chi connectivity index (χ2n) is 8.89. The van der Waals surface area contributed by atoms with Crippen LogP contribution in [0.1, 0.15) is 57.4 Å². The van der Waals surface area contributed by atoms with E-state index >= 15 is 0 Å². The van der Waals surface area contributed by atoms with Gasteiger partial charge in [-0.25, -0.2) is 4.79 Å². The van der Waals surface area contributed by atoms with Crippen molar-refractivity contribution in [3.63, 3.8) is 0 Å². The summed E-state index contributed by atoms with van der Waals surface area (Å²) >= 11 is 1.33. The molecule has 0 aliphatic heterocycles. The normalized spacial score (nSPS) is 29.9. The molecular formula is C20H28N2O5S. The molecule has 2 bridgehead atoms. The van der Waals surface area contributed by atoms with E-state index in [2.05, 4.69) is 26.1 Å². The van der Waals surface area contributed by atoms with Gasteiger partial charge in [0.2, 0.25) is 5.91 Å². The first-order valence-electron chi connectivity index (χ1n) is 9.56. The van der Waals surface area contributed by atoms with Crippen LogP contribution in [-0.4, -0.2) is 35.1 Å². The zero-order valence-corrected chi connectivity index (χ0v) is 17.3. The molecule has 3 rings (SSSR count). The zero-order valence-electron chi connectivity index (χ0n) is 16.4. The van der Waals surface area contributed by atoms with Gasteiger partial charge >= 0.3 is 11.9 Å². The van der Waals surface area contributed by atoms with Crippen molar-refractivity contribution in [2.75, 3.05) is 0 Å². The summed E-state index contributed by atoms with van der Waals surface area (Å²) in [5, 5.41) is 13.2. The van der Waals surface area contributed by atoms with E-state index in [1.54, 1.807) is 12.1 Å². The molecular weight excluding hydrogens is 380 g/mol. The molecule has 2 aliphatic rings. The number of rotatable bonds is 7. The first kappa shape index (κ1) is 20.8. The van der Waals surface area contributed by atoms with E-state index in [1.807, 2.05) is 5.38 Å². The first-order chi connectivity index (χ1) is 13.0. The van der Waals surface area contributed by atoms with Gasteiger partial charge < -0.3 is 20.9 Å². The Balaban J connectivity index is 1.77. The van der Waals surface area contributed by atoms with Gasteiger partial charge in [-0.15, -0.1) is 11.3 Å². The monoisotopic (exact) mass is 408 g/mol. The van der Waals surface area contributed by atoms with E-state index in [1.165, 1.54) is 11.3 Å². The van der Waals surface area contributed by atoms with Crippen molar-refractivity contribution in [2.24, 2.45) is 22.5 Å².